The van der Waals surface area contributed by atoms with E-state index in [4.69, 9.17) is 21.1 Å². The first kappa shape index (κ1) is 26.8. The number of esters is 1. The van der Waals surface area contributed by atoms with Gasteiger partial charge in [0.15, 0.2) is 13.2 Å². The van der Waals surface area contributed by atoms with Gasteiger partial charge in [-0.05, 0) is 60.9 Å². The fourth-order valence-corrected chi connectivity index (χ4v) is 4.09. The lowest BCUT2D eigenvalue weighted by Crippen LogP contribution is -2.45. The van der Waals surface area contributed by atoms with E-state index in [0.717, 1.165) is 27.6 Å². The number of aryl methyl sites for hydroxylation is 2. The summed E-state index contributed by atoms with van der Waals surface area (Å²) in [5.74, 6) is -1.22. The van der Waals surface area contributed by atoms with E-state index < -0.39 is 30.4 Å². The molecule has 3 aromatic carbocycles. The van der Waals surface area contributed by atoms with Crippen LogP contribution in [0.15, 0.2) is 72.9 Å². The molecule has 0 saturated carbocycles. The van der Waals surface area contributed by atoms with E-state index in [2.05, 4.69) is 15.6 Å². The van der Waals surface area contributed by atoms with Gasteiger partial charge < -0.3 is 25.1 Å². The number of rotatable bonds is 10. The molecule has 2 amide bonds. The molecule has 0 aliphatic carbocycles. The lowest BCUT2D eigenvalue weighted by Gasteiger charge is -2.18. The van der Waals surface area contributed by atoms with E-state index in [1.54, 1.807) is 30.5 Å². The third kappa shape index (κ3) is 7.14. The van der Waals surface area contributed by atoms with Gasteiger partial charge in [-0.25, -0.2) is 4.79 Å². The summed E-state index contributed by atoms with van der Waals surface area (Å²) in [4.78, 5) is 41.3. The number of hydrogen-bond donors (Lipinski definition) is 3. The fourth-order valence-electron chi connectivity index (χ4n) is 3.91. The standard InChI is InChI=1S/C29H28ClN3O5/c1-18-6-5-7-22(12-18)37-16-28(35)33-26(13-20-15-31-25-9-4-3-8-23(20)25)29(36)38-17-27(34)32-21-11-10-19(2)24(30)14-21/h3-12,14-15,26,31H,13,16-17H2,1-2H3,(H,32,34)(H,33,35). The quantitative estimate of drug-likeness (QED) is 0.255. The number of hydrogen-bond acceptors (Lipinski definition) is 5. The molecular weight excluding hydrogens is 506 g/mol. The zero-order valence-electron chi connectivity index (χ0n) is 21.0. The third-order valence-corrected chi connectivity index (χ3v) is 6.29. The number of carbonyl (C=O) groups is 3. The molecule has 8 nitrogen and oxygen atoms in total. The van der Waals surface area contributed by atoms with Crippen molar-refractivity contribution in [1.29, 1.82) is 0 Å². The summed E-state index contributed by atoms with van der Waals surface area (Å²) in [5.41, 5.74) is 4.08. The predicted molar refractivity (Wildman–Crippen MR) is 146 cm³/mol. The van der Waals surface area contributed by atoms with Crippen molar-refractivity contribution in [3.63, 3.8) is 0 Å². The first-order valence-corrected chi connectivity index (χ1v) is 12.4. The number of carbonyl (C=O) groups excluding carboxylic acids is 3. The summed E-state index contributed by atoms with van der Waals surface area (Å²) in [7, 11) is 0. The maximum atomic E-state index is 13.0. The van der Waals surface area contributed by atoms with Crippen LogP contribution in [0.1, 0.15) is 16.7 Å². The number of halogens is 1. The van der Waals surface area contributed by atoms with Crippen molar-refractivity contribution in [1.82, 2.24) is 10.3 Å². The molecule has 0 spiro atoms. The van der Waals surface area contributed by atoms with Crippen LogP contribution in [-0.2, 0) is 25.5 Å². The van der Waals surface area contributed by atoms with E-state index in [0.29, 0.717) is 16.5 Å². The Kier molecular flexibility index (Phi) is 8.66. The van der Waals surface area contributed by atoms with Gasteiger partial charge in [-0.1, -0.05) is 48.0 Å². The molecule has 0 bridgehead atoms. The molecule has 1 heterocycles. The molecular formula is C29H28ClN3O5. The number of anilines is 1. The molecule has 1 atom stereocenters. The molecule has 38 heavy (non-hydrogen) atoms. The highest BCUT2D eigenvalue weighted by Crippen LogP contribution is 2.21. The number of ether oxygens (including phenoxy) is 2. The van der Waals surface area contributed by atoms with Crippen molar-refractivity contribution < 1.29 is 23.9 Å². The average molecular weight is 534 g/mol. The molecule has 9 heteroatoms. The van der Waals surface area contributed by atoms with Crippen molar-refractivity contribution in [3.8, 4) is 5.75 Å². The van der Waals surface area contributed by atoms with Crippen LogP contribution in [-0.4, -0.2) is 42.0 Å². The monoisotopic (exact) mass is 533 g/mol. The van der Waals surface area contributed by atoms with Gasteiger partial charge in [0.2, 0.25) is 0 Å². The van der Waals surface area contributed by atoms with Crippen LogP contribution >= 0.6 is 11.6 Å². The van der Waals surface area contributed by atoms with E-state index >= 15 is 0 Å². The number of aromatic nitrogens is 1. The maximum absolute atomic E-state index is 13.0. The number of fused-ring (bicyclic) bond motifs is 1. The zero-order chi connectivity index (χ0) is 27.1. The van der Waals surface area contributed by atoms with E-state index in [9.17, 15) is 14.4 Å². The summed E-state index contributed by atoms with van der Waals surface area (Å²) >= 11 is 6.11. The second kappa shape index (κ2) is 12.3. The Hall–Kier alpha value is -4.30. The minimum atomic E-state index is -1.04. The summed E-state index contributed by atoms with van der Waals surface area (Å²) in [6, 6.07) is 19.0. The van der Waals surface area contributed by atoms with Crippen LogP contribution in [0.2, 0.25) is 5.02 Å². The highest BCUT2D eigenvalue weighted by atomic mass is 35.5. The van der Waals surface area contributed by atoms with Gasteiger partial charge in [-0.2, -0.15) is 0 Å². The Labute approximate surface area is 225 Å². The van der Waals surface area contributed by atoms with Crippen molar-refractivity contribution in [3.05, 3.63) is 94.6 Å². The van der Waals surface area contributed by atoms with Crippen LogP contribution in [0.5, 0.6) is 5.75 Å². The van der Waals surface area contributed by atoms with Crippen molar-refractivity contribution in [2.24, 2.45) is 0 Å². The first-order valence-electron chi connectivity index (χ1n) is 12.0. The second-order valence-corrected chi connectivity index (χ2v) is 9.32. The van der Waals surface area contributed by atoms with Crippen molar-refractivity contribution in [2.75, 3.05) is 18.5 Å². The number of aromatic amines is 1. The molecule has 3 N–H and O–H groups in total. The number of para-hydroxylation sites is 1. The highest BCUT2D eigenvalue weighted by Gasteiger charge is 2.25. The molecule has 1 unspecified atom stereocenters. The lowest BCUT2D eigenvalue weighted by atomic mass is 10.0. The summed E-state index contributed by atoms with van der Waals surface area (Å²) in [6.07, 6.45) is 1.95. The normalized spacial score (nSPS) is 11.6. The first-order chi connectivity index (χ1) is 18.3. The number of amides is 2. The highest BCUT2D eigenvalue weighted by molar-refractivity contribution is 6.31. The smallest absolute Gasteiger partial charge is 0.329 e. The summed E-state index contributed by atoms with van der Waals surface area (Å²) < 4.78 is 10.9. The van der Waals surface area contributed by atoms with Crippen LogP contribution in [0.4, 0.5) is 5.69 Å². The average Bonchev–Trinajstić information content (AvgIpc) is 3.30. The molecule has 196 valence electrons. The van der Waals surface area contributed by atoms with Gasteiger partial charge in [0, 0.05) is 34.2 Å². The zero-order valence-corrected chi connectivity index (χ0v) is 21.8. The molecule has 4 rings (SSSR count). The van der Waals surface area contributed by atoms with E-state index in [-0.39, 0.29) is 13.0 Å². The number of H-pyrrole nitrogens is 1. The Morgan fingerprint density at radius 2 is 1.76 bits per heavy atom. The molecule has 0 fully saturated rings. The third-order valence-electron chi connectivity index (χ3n) is 5.88. The summed E-state index contributed by atoms with van der Waals surface area (Å²) in [5, 5.41) is 6.76. The van der Waals surface area contributed by atoms with Gasteiger partial charge in [-0.3, -0.25) is 9.59 Å². The van der Waals surface area contributed by atoms with Crippen molar-refractivity contribution in [2.45, 2.75) is 26.3 Å². The number of nitrogens with one attached hydrogen (secondary N) is 3. The molecule has 0 saturated heterocycles. The Balaban J connectivity index is 1.41. The Bertz CT molecular complexity index is 1470. The van der Waals surface area contributed by atoms with Gasteiger partial charge in [0.25, 0.3) is 11.8 Å². The lowest BCUT2D eigenvalue weighted by molar-refractivity contribution is -0.150. The summed E-state index contributed by atoms with van der Waals surface area (Å²) in [6.45, 7) is 2.97. The van der Waals surface area contributed by atoms with Crippen LogP contribution in [0, 0.1) is 13.8 Å². The minimum Gasteiger partial charge on any atom is -0.484 e. The van der Waals surface area contributed by atoms with Gasteiger partial charge in [0.1, 0.15) is 11.8 Å². The van der Waals surface area contributed by atoms with Crippen LogP contribution in [0.25, 0.3) is 10.9 Å². The topological polar surface area (TPSA) is 110 Å². The molecule has 4 aromatic rings. The molecule has 0 aliphatic rings. The molecule has 1 aromatic heterocycles. The van der Waals surface area contributed by atoms with Gasteiger partial charge in [0.05, 0.1) is 0 Å². The minimum absolute atomic E-state index is 0.161. The van der Waals surface area contributed by atoms with E-state index in [1.807, 2.05) is 56.3 Å². The Morgan fingerprint density at radius 3 is 2.55 bits per heavy atom. The van der Waals surface area contributed by atoms with Gasteiger partial charge >= 0.3 is 5.97 Å². The second-order valence-electron chi connectivity index (χ2n) is 8.91. The van der Waals surface area contributed by atoms with Crippen molar-refractivity contribution >= 4 is 46.0 Å². The number of benzene rings is 3. The van der Waals surface area contributed by atoms with Crippen LogP contribution in [0.3, 0.4) is 0 Å². The SMILES string of the molecule is Cc1cccc(OCC(=O)NC(Cc2c[nH]c3ccccc23)C(=O)OCC(=O)Nc2ccc(C)c(Cl)c2)c1. The molecule has 0 radical (unpaired) electrons. The predicted octanol–water partition coefficient (Wildman–Crippen LogP) is 4.73. The largest absolute Gasteiger partial charge is 0.484 e. The molecule has 0 aliphatic heterocycles. The maximum Gasteiger partial charge on any atom is 0.329 e. The van der Waals surface area contributed by atoms with E-state index in [1.165, 1.54) is 0 Å². The van der Waals surface area contributed by atoms with Crippen LogP contribution < -0.4 is 15.4 Å². The Morgan fingerprint density at radius 1 is 0.947 bits per heavy atom. The van der Waals surface area contributed by atoms with Gasteiger partial charge in [-0.15, -0.1) is 0 Å². The fraction of sp³-hybridized carbons (Fsp3) is 0.207.